The molecule has 1 fully saturated rings. The summed E-state index contributed by atoms with van der Waals surface area (Å²) in [5.41, 5.74) is 3.10. The lowest BCUT2D eigenvalue weighted by molar-refractivity contribution is 0.0631. The molecule has 0 aliphatic carbocycles. The van der Waals surface area contributed by atoms with Crippen LogP contribution in [0.25, 0.3) is 22.4 Å². The average Bonchev–Trinajstić information content (AvgIpc) is 3.42. The van der Waals surface area contributed by atoms with Crippen molar-refractivity contribution in [1.29, 1.82) is 0 Å². The number of rotatable bonds is 10. The summed E-state index contributed by atoms with van der Waals surface area (Å²) in [6, 6.07) is 19.3. The Labute approximate surface area is 232 Å². The lowest BCUT2D eigenvalue weighted by atomic mass is 10.1. The van der Waals surface area contributed by atoms with Gasteiger partial charge in [-0.2, -0.15) is 0 Å². The maximum atomic E-state index is 13.4. The number of anilines is 1. The molecular weight excluding hydrogens is 516 g/mol. The summed E-state index contributed by atoms with van der Waals surface area (Å²) in [7, 11) is 0. The monoisotopic (exact) mass is 548 g/mol. The highest BCUT2D eigenvalue weighted by atomic mass is 35.5. The summed E-state index contributed by atoms with van der Waals surface area (Å²) >= 11 is 5.98. The first-order valence-corrected chi connectivity index (χ1v) is 13.6. The molecular formula is C29H33ClN6O3. The van der Waals surface area contributed by atoms with E-state index < -0.39 is 6.10 Å². The number of aliphatic hydroxyl groups excluding tert-OH is 2. The predicted octanol–water partition coefficient (Wildman–Crippen LogP) is 3.43. The smallest absolute Gasteiger partial charge is 0.270 e. The van der Waals surface area contributed by atoms with Gasteiger partial charge in [-0.3, -0.25) is 9.69 Å². The lowest BCUT2D eigenvalue weighted by Gasteiger charge is -2.34. The van der Waals surface area contributed by atoms with Gasteiger partial charge in [0.05, 0.1) is 18.1 Å². The number of nitrogens with zero attached hydrogens (tertiary/aromatic N) is 4. The molecule has 10 heteroatoms. The molecule has 1 amide bonds. The van der Waals surface area contributed by atoms with Crippen LogP contribution in [0.5, 0.6) is 0 Å². The number of fused-ring (bicyclic) bond motifs is 1. The van der Waals surface area contributed by atoms with Crippen LogP contribution in [0.1, 0.15) is 22.5 Å². The Bertz CT molecular complexity index is 1390. The van der Waals surface area contributed by atoms with Gasteiger partial charge < -0.3 is 25.4 Å². The Morgan fingerprint density at radius 3 is 2.51 bits per heavy atom. The van der Waals surface area contributed by atoms with Gasteiger partial charge in [-0.1, -0.05) is 54.1 Å². The Kier molecular flexibility index (Phi) is 8.73. The number of aryl methyl sites for hydroxylation is 1. The summed E-state index contributed by atoms with van der Waals surface area (Å²) in [5.74, 6) is 0.917. The SMILES string of the molecule is O=C(c1cc2c(NC[C@@H](O)CO)nc(-c3ccccc3)nc2[nH]1)N1CCN(CCCc2ccc(Cl)cc2)CC1. The molecule has 4 aromatic rings. The van der Waals surface area contributed by atoms with Gasteiger partial charge in [0, 0.05) is 43.3 Å². The molecule has 5 rings (SSSR count). The highest BCUT2D eigenvalue weighted by molar-refractivity contribution is 6.30. The third-order valence-corrected chi connectivity index (χ3v) is 7.23. The standard InChI is InChI=1S/C29H33ClN6O3/c30-22-10-8-20(9-11-22)5-4-12-35-13-15-36(16-14-35)29(39)25-17-24-27(31-18-23(38)19-37)33-26(34-28(24)32-25)21-6-2-1-3-7-21/h1-3,6-11,17,23,37-38H,4-5,12-16,18-19H2,(H2,31,32,33,34)/t23-/m1/s1. The second kappa shape index (κ2) is 12.6. The summed E-state index contributed by atoms with van der Waals surface area (Å²) in [6.45, 7) is 3.71. The van der Waals surface area contributed by atoms with Crippen molar-refractivity contribution in [1.82, 2.24) is 24.8 Å². The molecule has 0 bridgehead atoms. The molecule has 0 unspecified atom stereocenters. The fraction of sp³-hybridized carbons (Fsp3) is 0.345. The van der Waals surface area contributed by atoms with E-state index in [1.54, 1.807) is 6.07 Å². The van der Waals surface area contributed by atoms with Crippen molar-refractivity contribution in [3.63, 3.8) is 0 Å². The van der Waals surface area contributed by atoms with Crippen molar-refractivity contribution in [2.24, 2.45) is 0 Å². The van der Waals surface area contributed by atoms with Gasteiger partial charge in [-0.25, -0.2) is 9.97 Å². The molecule has 4 N–H and O–H groups in total. The molecule has 39 heavy (non-hydrogen) atoms. The maximum absolute atomic E-state index is 13.4. The summed E-state index contributed by atoms with van der Waals surface area (Å²) in [6.07, 6.45) is 1.13. The van der Waals surface area contributed by atoms with Crippen molar-refractivity contribution in [3.8, 4) is 11.4 Å². The number of nitrogens with one attached hydrogen (secondary N) is 2. The van der Waals surface area contributed by atoms with Crippen LogP contribution in [0.3, 0.4) is 0 Å². The second-order valence-corrected chi connectivity index (χ2v) is 10.2. The minimum atomic E-state index is -0.933. The fourth-order valence-corrected chi connectivity index (χ4v) is 4.88. The molecule has 0 saturated carbocycles. The van der Waals surface area contributed by atoms with Crippen LogP contribution in [0.15, 0.2) is 60.7 Å². The van der Waals surface area contributed by atoms with E-state index in [0.29, 0.717) is 41.5 Å². The van der Waals surface area contributed by atoms with Gasteiger partial charge in [-0.15, -0.1) is 0 Å². The van der Waals surface area contributed by atoms with E-state index in [9.17, 15) is 15.0 Å². The number of aromatic nitrogens is 3. The van der Waals surface area contributed by atoms with Crippen LogP contribution in [0.2, 0.25) is 5.02 Å². The number of benzene rings is 2. The first kappa shape index (κ1) is 27.1. The number of aromatic amines is 1. The van der Waals surface area contributed by atoms with Gasteiger partial charge in [0.2, 0.25) is 0 Å². The van der Waals surface area contributed by atoms with Gasteiger partial charge in [-0.05, 0) is 43.1 Å². The van der Waals surface area contributed by atoms with E-state index in [2.05, 4.69) is 37.3 Å². The number of piperazine rings is 1. The molecule has 2 aromatic heterocycles. The Hall–Kier alpha value is -3.50. The lowest BCUT2D eigenvalue weighted by Crippen LogP contribution is -2.49. The molecule has 1 atom stereocenters. The van der Waals surface area contributed by atoms with Crippen LogP contribution in [-0.2, 0) is 6.42 Å². The fourth-order valence-electron chi connectivity index (χ4n) is 4.76. The van der Waals surface area contributed by atoms with Crippen LogP contribution < -0.4 is 5.32 Å². The van der Waals surface area contributed by atoms with Crippen molar-refractivity contribution < 1.29 is 15.0 Å². The van der Waals surface area contributed by atoms with Crippen LogP contribution >= 0.6 is 11.6 Å². The number of hydrogen-bond donors (Lipinski definition) is 4. The molecule has 1 aliphatic rings. The van der Waals surface area contributed by atoms with Crippen molar-refractivity contribution in [2.45, 2.75) is 18.9 Å². The largest absolute Gasteiger partial charge is 0.394 e. The van der Waals surface area contributed by atoms with Gasteiger partial charge >= 0.3 is 0 Å². The zero-order chi connectivity index (χ0) is 27.2. The van der Waals surface area contributed by atoms with E-state index in [-0.39, 0.29) is 19.1 Å². The normalized spacial score (nSPS) is 15.0. The highest BCUT2D eigenvalue weighted by Crippen LogP contribution is 2.26. The van der Waals surface area contributed by atoms with E-state index in [1.165, 1.54) is 5.56 Å². The molecule has 0 radical (unpaired) electrons. The number of aliphatic hydroxyl groups is 2. The number of carbonyl (C=O) groups is 1. The second-order valence-electron chi connectivity index (χ2n) is 9.79. The number of carbonyl (C=O) groups excluding carboxylic acids is 1. The third kappa shape index (κ3) is 6.75. The minimum Gasteiger partial charge on any atom is -0.394 e. The molecule has 1 saturated heterocycles. The number of H-pyrrole nitrogens is 1. The van der Waals surface area contributed by atoms with Crippen LogP contribution in [0.4, 0.5) is 5.82 Å². The van der Waals surface area contributed by atoms with Crippen molar-refractivity contribution in [2.75, 3.05) is 51.2 Å². The highest BCUT2D eigenvalue weighted by Gasteiger charge is 2.24. The molecule has 0 spiro atoms. The minimum absolute atomic E-state index is 0.0728. The Morgan fingerprint density at radius 2 is 1.79 bits per heavy atom. The topological polar surface area (TPSA) is 118 Å². The predicted molar refractivity (Wildman–Crippen MR) is 153 cm³/mol. The average molecular weight is 549 g/mol. The molecule has 204 valence electrons. The van der Waals surface area contributed by atoms with Crippen molar-refractivity contribution in [3.05, 3.63) is 76.9 Å². The van der Waals surface area contributed by atoms with Gasteiger partial charge in [0.1, 0.15) is 17.2 Å². The molecule has 9 nitrogen and oxygen atoms in total. The van der Waals surface area contributed by atoms with E-state index in [0.717, 1.165) is 43.1 Å². The molecule has 2 aromatic carbocycles. The third-order valence-electron chi connectivity index (χ3n) is 6.98. The molecule has 1 aliphatic heterocycles. The first-order valence-electron chi connectivity index (χ1n) is 13.2. The Morgan fingerprint density at radius 1 is 1.05 bits per heavy atom. The summed E-state index contributed by atoms with van der Waals surface area (Å²) < 4.78 is 0. The number of hydrogen-bond acceptors (Lipinski definition) is 7. The van der Waals surface area contributed by atoms with Gasteiger partial charge in [0.15, 0.2) is 5.82 Å². The Balaban J connectivity index is 1.25. The number of halogens is 1. The van der Waals surface area contributed by atoms with E-state index >= 15 is 0 Å². The van der Waals surface area contributed by atoms with Crippen LogP contribution in [0, 0.1) is 0 Å². The van der Waals surface area contributed by atoms with E-state index in [1.807, 2.05) is 47.4 Å². The first-order chi connectivity index (χ1) is 19.0. The zero-order valence-corrected chi connectivity index (χ0v) is 22.4. The van der Waals surface area contributed by atoms with Gasteiger partial charge in [0.25, 0.3) is 5.91 Å². The summed E-state index contributed by atoms with van der Waals surface area (Å²) in [5, 5.41) is 23.6. The van der Waals surface area contributed by atoms with Crippen molar-refractivity contribution >= 4 is 34.4 Å². The number of amides is 1. The maximum Gasteiger partial charge on any atom is 0.270 e. The van der Waals surface area contributed by atoms with Crippen LogP contribution in [-0.4, -0.2) is 92.9 Å². The summed E-state index contributed by atoms with van der Waals surface area (Å²) in [4.78, 5) is 30.2. The van der Waals surface area contributed by atoms with E-state index in [4.69, 9.17) is 11.6 Å². The molecule has 3 heterocycles. The zero-order valence-electron chi connectivity index (χ0n) is 21.7. The quantitative estimate of drug-likeness (QED) is 0.240.